The Morgan fingerprint density at radius 2 is 0.725 bits per heavy atom. The zero-order valence-corrected chi connectivity index (χ0v) is 27.8. The Kier molecular flexibility index (Phi) is 11.9. The second-order valence-corrected chi connectivity index (χ2v) is 14.5. The quantitative estimate of drug-likeness (QED) is 0.153. The minimum Gasteiger partial charge on any atom is -0.399 e. The van der Waals surface area contributed by atoms with Crippen LogP contribution in [-0.2, 0) is 31.5 Å². The van der Waals surface area contributed by atoms with Crippen molar-refractivity contribution < 1.29 is 18.6 Å². The molecule has 1 aromatic carbocycles. The number of unbranched alkanes of at least 4 members (excludes halogenated alkanes) is 10. The van der Waals surface area contributed by atoms with Crippen LogP contribution >= 0.6 is 0 Å². The van der Waals surface area contributed by atoms with Crippen molar-refractivity contribution in [2.45, 2.75) is 182 Å². The molecular weight excluding hydrogens is 494 g/mol. The molecule has 0 bridgehead atoms. The molecule has 0 aliphatic carbocycles. The fourth-order valence-corrected chi connectivity index (χ4v) is 5.73. The van der Waals surface area contributed by atoms with E-state index in [9.17, 15) is 0 Å². The van der Waals surface area contributed by atoms with Crippen molar-refractivity contribution >= 4 is 25.2 Å². The Morgan fingerprint density at radius 1 is 0.450 bits per heavy atom. The lowest BCUT2D eigenvalue weighted by molar-refractivity contribution is 0.00578. The number of aryl methyl sites for hydroxylation is 2. The van der Waals surface area contributed by atoms with E-state index in [0.717, 1.165) is 12.8 Å². The van der Waals surface area contributed by atoms with Crippen molar-refractivity contribution in [1.82, 2.24) is 0 Å². The van der Waals surface area contributed by atoms with E-state index in [-0.39, 0.29) is 36.6 Å². The van der Waals surface area contributed by atoms with Crippen LogP contribution in [0.4, 0.5) is 0 Å². The predicted molar refractivity (Wildman–Crippen MR) is 172 cm³/mol. The predicted octanol–water partition coefficient (Wildman–Crippen LogP) is 8.09. The summed E-state index contributed by atoms with van der Waals surface area (Å²) in [5, 5.41) is 0. The highest BCUT2D eigenvalue weighted by Gasteiger charge is 2.54. The molecule has 226 valence electrons. The topological polar surface area (TPSA) is 36.9 Å². The van der Waals surface area contributed by atoms with Crippen molar-refractivity contribution in [3.8, 4) is 0 Å². The van der Waals surface area contributed by atoms with Gasteiger partial charge in [-0.3, -0.25) is 0 Å². The Labute approximate surface area is 248 Å². The average molecular weight is 554 g/mol. The van der Waals surface area contributed by atoms with Gasteiger partial charge in [-0.15, -0.1) is 0 Å². The highest BCUT2D eigenvalue weighted by molar-refractivity contribution is 6.65. The van der Waals surface area contributed by atoms with Gasteiger partial charge in [-0.1, -0.05) is 90.2 Å². The van der Waals surface area contributed by atoms with Gasteiger partial charge in [0, 0.05) is 0 Å². The second kappa shape index (κ2) is 14.1. The van der Waals surface area contributed by atoms with Gasteiger partial charge < -0.3 is 18.6 Å². The first-order chi connectivity index (χ1) is 18.7. The highest BCUT2D eigenvalue weighted by Crippen LogP contribution is 2.38. The van der Waals surface area contributed by atoms with E-state index in [2.05, 4.69) is 81.4 Å². The molecule has 2 saturated heterocycles. The van der Waals surface area contributed by atoms with Crippen molar-refractivity contribution in [2.24, 2.45) is 0 Å². The maximum atomic E-state index is 6.62. The lowest BCUT2D eigenvalue weighted by Gasteiger charge is -2.32. The number of rotatable bonds is 16. The summed E-state index contributed by atoms with van der Waals surface area (Å²) in [5.74, 6) is 0. The first-order valence-electron chi connectivity index (χ1n) is 16.6. The van der Waals surface area contributed by atoms with Crippen LogP contribution in [0.3, 0.4) is 0 Å². The van der Waals surface area contributed by atoms with Crippen LogP contribution in [0.5, 0.6) is 0 Å². The fraction of sp³-hybridized carbons (Fsp3) is 0.824. The summed E-state index contributed by atoms with van der Waals surface area (Å²) in [5.41, 5.74) is 3.60. The van der Waals surface area contributed by atoms with Crippen LogP contribution in [-0.4, -0.2) is 36.6 Å². The summed E-state index contributed by atoms with van der Waals surface area (Å²) >= 11 is 0. The van der Waals surface area contributed by atoms with Crippen LogP contribution < -0.4 is 10.9 Å². The molecular formula is C34H60B2O4. The van der Waals surface area contributed by atoms with Gasteiger partial charge in [-0.05, 0) is 103 Å². The first kappa shape index (κ1) is 33.7. The molecule has 2 fully saturated rings. The zero-order valence-electron chi connectivity index (χ0n) is 27.8. The second-order valence-electron chi connectivity index (χ2n) is 14.5. The van der Waals surface area contributed by atoms with Crippen LogP contribution in [0.15, 0.2) is 12.1 Å². The molecule has 0 atom stereocenters. The molecule has 2 heterocycles. The SMILES string of the molecule is CCCCCCCCc1cc(B2OC(C)(C)C(C)(C)O2)c(CCCCCCCC)cc1B1OC(C)(C)C(C)(C)O1. The normalized spacial score (nSPS) is 20.9. The van der Waals surface area contributed by atoms with E-state index in [4.69, 9.17) is 18.6 Å². The molecule has 0 radical (unpaired) electrons. The van der Waals surface area contributed by atoms with E-state index in [1.54, 1.807) is 0 Å². The zero-order chi connectivity index (χ0) is 29.6. The minimum absolute atomic E-state index is 0.351. The monoisotopic (exact) mass is 554 g/mol. The molecule has 0 spiro atoms. The number of benzene rings is 1. The van der Waals surface area contributed by atoms with Crippen molar-refractivity contribution in [2.75, 3.05) is 0 Å². The van der Waals surface area contributed by atoms with Crippen LogP contribution in [0.1, 0.15) is 157 Å². The molecule has 0 unspecified atom stereocenters. The lowest BCUT2D eigenvalue weighted by Crippen LogP contribution is -2.43. The van der Waals surface area contributed by atoms with Gasteiger partial charge in [0.1, 0.15) is 0 Å². The van der Waals surface area contributed by atoms with Crippen LogP contribution in [0.2, 0.25) is 0 Å². The van der Waals surface area contributed by atoms with Crippen molar-refractivity contribution in [1.29, 1.82) is 0 Å². The molecule has 2 aliphatic rings. The minimum atomic E-state index is -0.362. The summed E-state index contributed by atoms with van der Waals surface area (Å²) < 4.78 is 26.5. The Hall–Kier alpha value is -0.810. The van der Waals surface area contributed by atoms with Gasteiger partial charge in [0.15, 0.2) is 0 Å². The molecule has 0 amide bonds. The maximum absolute atomic E-state index is 6.62. The first-order valence-corrected chi connectivity index (χ1v) is 16.6. The Morgan fingerprint density at radius 3 is 1.02 bits per heavy atom. The van der Waals surface area contributed by atoms with Crippen molar-refractivity contribution in [3.63, 3.8) is 0 Å². The molecule has 40 heavy (non-hydrogen) atoms. The fourth-order valence-electron chi connectivity index (χ4n) is 5.73. The van der Waals surface area contributed by atoms with E-state index in [0.29, 0.717) is 0 Å². The Bertz CT molecular complexity index is 832. The van der Waals surface area contributed by atoms with Crippen LogP contribution in [0.25, 0.3) is 0 Å². The van der Waals surface area contributed by atoms with E-state index in [1.165, 1.54) is 99.1 Å². The summed E-state index contributed by atoms with van der Waals surface area (Å²) in [6.07, 6.45) is 17.4. The summed E-state index contributed by atoms with van der Waals surface area (Å²) in [6.45, 7) is 21.8. The van der Waals surface area contributed by atoms with Gasteiger partial charge in [0.25, 0.3) is 0 Å². The third-order valence-electron chi connectivity index (χ3n) is 10.0. The molecule has 3 rings (SSSR count). The van der Waals surface area contributed by atoms with Gasteiger partial charge in [-0.2, -0.15) is 0 Å². The number of hydrogen-bond donors (Lipinski definition) is 0. The van der Waals surface area contributed by atoms with Crippen molar-refractivity contribution in [3.05, 3.63) is 23.3 Å². The molecule has 1 aromatic rings. The largest absolute Gasteiger partial charge is 0.495 e. The lowest BCUT2D eigenvalue weighted by atomic mass is 9.67. The standard InChI is InChI=1S/C34H60B2O4/c1-11-13-15-17-19-21-23-27-25-30(36-39-33(7,8)34(9,10)40-36)28(24-22-20-18-16-14-12-2)26-29(27)35-37-31(3,4)32(5,6)38-35/h25-26H,11-24H2,1-10H3. The molecule has 4 nitrogen and oxygen atoms in total. The molecule has 0 saturated carbocycles. The maximum Gasteiger partial charge on any atom is 0.495 e. The van der Waals surface area contributed by atoms with Gasteiger partial charge in [0.05, 0.1) is 22.4 Å². The molecule has 0 N–H and O–H groups in total. The molecule has 2 aliphatic heterocycles. The number of hydrogen-bond acceptors (Lipinski definition) is 4. The van der Waals surface area contributed by atoms with Gasteiger partial charge >= 0.3 is 14.2 Å². The summed E-state index contributed by atoms with van der Waals surface area (Å²) in [4.78, 5) is 0. The van der Waals surface area contributed by atoms with Crippen LogP contribution in [0, 0.1) is 0 Å². The van der Waals surface area contributed by atoms with Gasteiger partial charge in [-0.25, -0.2) is 0 Å². The van der Waals surface area contributed by atoms with E-state index >= 15 is 0 Å². The molecule has 6 heteroatoms. The molecule has 0 aromatic heterocycles. The third kappa shape index (κ3) is 8.17. The summed E-state index contributed by atoms with van der Waals surface area (Å²) in [7, 11) is -0.702. The van der Waals surface area contributed by atoms with E-state index in [1.807, 2.05) is 0 Å². The smallest absolute Gasteiger partial charge is 0.399 e. The highest BCUT2D eigenvalue weighted by atomic mass is 16.7. The average Bonchev–Trinajstić information content (AvgIpc) is 3.22. The third-order valence-corrected chi connectivity index (χ3v) is 10.0. The van der Waals surface area contributed by atoms with E-state index < -0.39 is 0 Å². The summed E-state index contributed by atoms with van der Waals surface area (Å²) in [6, 6.07) is 4.78. The van der Waals surface area contributed by atoms with Gasteiger partial charge in [0.2, 0.25) is 0 Å². The Balaban J connectivity index is 1.94.